The Balaban J connectivity index is 2.07. The highest BCUT2D eigenvalue weighted by Crippen LogP contribution is 2.33. The van der Waals surface area contributed by atoms with Crippen molar-refractivity contribution in [2.24, 2.45) is 0 Å². The Hall–Kier alpha value is -1.81. The zero-order valence-electron chi connectivity index (χ0n) is 11.7. The maximum Gasteiger partial charge on any atom is 0.200 e. The highest BCUT2D eigenvalue weighted by atomic mass is 79.9. The van der Waals surface area contributed by atoms with Crippen LogP contribution in [0.5, 0.6) is 11.5 Å². The van der Waals surface area contributed by atoms with E-state index in [2.05, 4.69) is 15.9 Å². The third-order valence-electron chi connectivity index (χ3n) is 3.59. The molecule has 4 heteroatoms. The lowest BCUT2D eigenvalue weighted by atomic mass is 9.96. The lowest BCUT2D eigenvalue weighted by Crippen LogP contribution is -2.13. The first-order valence-electron chi connectivity index (χ1n) is 6.83. The molecule has 0 atom stereocenters. The molecule has 0 aromatic heterocycles. The van der Waals surface area contributed by atoms with Crippen LogP contribution in [0.3, 0.4) is 0 Å². The fourth-order valence-electron chi connectivity index (χ4n) is 2.57. The van der Waals surface area contributed by atoms with Crippen LogP contribution >= 0.6 is 15.9 Å². The van der Waals surface area contributed by atoms with Crippen LogP contribution in [0, 0.1) is 0 Å². The largest absolute Gasteiger partial charge is 0.496 e. The maximum atomic E-state index is 12.8. The third-order valence-corrected chi connectivity index (χ3v) is 4.08. The Morgan fingerprint density at radius 1 is 1.24 bits per heavy atom. The Morgan fingerprint density at radius 3 is 2.90 bits per heavy atom. The number of ether oxygens (including phenoxy) is 2. The van der Waals surface area contributed by atoms with Gasteiger partial charge in [0.05, 0.1) is 24.8 Å². The second kappa shape index (κ2) is 5.90. The molecule has 0 N–H and O–H groups in total. The molecule has 0 radical (unpaired) electrons. The second-order valence-corrected chi connectivity index (χ2v) is 5.84. The molecule has 0 unspecified atom stereocenters. The van der Waals surface area contributed by atoms with E-state index in [4.69, 9.17) is 9.47 Å². The van der Waals surface area contributed by atoms with E-state index in [-0.39, 0.29) is 5.78 Å². The van der Waals surface area contributed by atoms with Crippen molar-refractivity contribution in [2.45, 2.75) is 12.8 Å². The lowest BCUT2D eigenvalue weighted by molar-refractivity contribution is 0.103. The first kappa shape index (κ1) is 14.1. The summed E-state index contributed by atoms with van der Waals surface area (Å²) in [6, 6.07) is 11.1. The van der Waals surface area contributed by atoms with Crippen LogP contribution in [0.15, 0.2) is 40.9 Å². The molecule has 0 aliphatic carbocycles. The predicted molar refractivity (Wildman–Crippen MR) is 84.4 cm³/mol. The fourth-order valence-corrected chi connectivity index (χ4v) is 2.91. The topological polar surface area (TPSA) is 35.5 Å². The van der Waals surface area contributed by atoms with Crippen molar-refractivity contribution in [3.63, 3.8) is 0 Å². The molecule has 108 valence electrons. The van der Waals surface area contributed by atoms with E-state index in [9.17, 15) is 4.79 Å². The first-order chi connectivity index (χ1) is 10.2. The molecule has 2 aromatic rings. The van der Waals surface area contributed by atoms with Crippen molar-refractivity contribution in [1.29, 1.82) is 0 Å². The summed E-state index contributed by atoms with van der Waals surface area (Å²) in [5.74, 6) is 1.21. The van der Waals surface area contributed by atoms with E-state index in [1.54, 1.807) is 19.2 Å². The van der Waals surface area contributed by atoms with Crippen LogP contribution < -0.4 is 9.47 Å². The average Bonchev–Trinajstić information content (AvgIpc) is 2.53. The number of ketones is 1. The zero-order valence-corrected chi connectivity index (χ0v) is 13.3. The summed E-state index contributed by atoms with van der Waals surface area (Å²) in [4.78, 5) is 12.8. The monoisotopic (exact) mass is 346 g/mol. The number of para-hydroxylation sites is 1. The van der Waals surface area contributed by atoms with E-state index in [1.165, 1.54) is 0 Å². The molecule has 0 saturated carbocycles. The van der Waals surface area contributed by atoms with Gasteiger partial charge in [-0.2, -0.15) is 0 Å². The van der Waals surface area contributed by atoms with Gasteiger partial charge in [-0.1, -0.05) is 28.1 Å². The maximum absolute atomic E-state index is 12.8. The molecule has 2 aromatic carbocycles. The van der Waals surface area contributed by atoms with Gasteiger partial charge in [0.1, 0.15) is 11.5 Å². The molecule has 0 spiro atoms. The van der Waals surface area contributed by atoms with E-state index in [0.29, 0.717) is 23.5 Å². The van der Waals surface area contributed by atoms with Crippen molar-refractivity contribution in [2.75, 3.05) is 13.7 Å². The number of benzene rings is 2. The van der Waals surface area contributed by atoms with Gasteiger partial charge in [0.2, 0.25) is 0 Å². The van der Waals surface area contributed by atoms with Crippen LogP contribution in [0.1, 0.15) is 27.9 Å². The molecule has 3 rings (SSSR count). The fraction of sp³-hybridized carbons (Fsp3) is 0.235. The first-order valence-corrected chi connectivity index (χ1v) is 7.63. The minimum atomic E-state index is -0.0712. The zero-order chi connectivity index (χ0) is 14.8. The minimum Gasteiger partial charge on any atom is -0.496 e. The van der Waals surface area contributed by atoms with Gasteiger partial charge in [0.25, 0.3) is 0 Å². The number of halogens is 1. The van der Waals surface area contributed by atoms with Crippen LogP contribution in [-0.4, -0.2) is 19.5 Å². The van der Waals surface area contributed by atoms with Crippen LogP contribution in [0.2, 0.25) is 0 Å². The Bertz CT molecular complexity index is 694. The van der Waals surface area contributed by atoms with Crippen molar-refractivity contribution >= 4 is 21.7 Å². The quantitative estimate of drug-likeness (QED) is 0.787. The van der Waals surface area contributed by atoms with Crippen LogP contribution in [0.25, 0.3) is 0 Å². The summed E-state index contributed by atoms with van der Waals surface area (Å²) in [5, 5.41) is 0. The van der Waals surface area contributed by atoms with Gasteiger partial charge in [0.15, 0.2) is 5.78 Å². The average molecular weight is 347 g/mol. The number of methoxy groups -OCH3 is 1. The molecule has 0 saturated heterocycles. The Kier molecular flexibility index (Phi) is 3.97. The number of carbonyl (C=O) groups is 1. The second-order valence-electron chi connectivity index (χ2n) is 4.92. The van der Waals surface area contributed by atoms with Gasteiger partial charge < -0.3 is 9.47 Å². The van der Waals surface area contributed by atoms with Gasteiger partial charge in [-0.25, -0.2) is 0 Å². The lowest BCUT2D eigenvalue weighted by Gasteiger charge is -2.20. The smallest absolute Gasteiger partial charge is 0.200 e. The van der Waals surface area contributed by atoms with Crippen molar-refractivity contribution in [3.05, 3.63) is 57.6 Å². The number of hydrogen-bond acceptors (Lipinski definition) is 3. The van der Waals surface area contributed by atoms with Gasteiger partial charge in [-0.05, 0) is 42.7 Å². The molecule has 0 fully saturated rings. The van der Waals surface area contributed by atoms with E-state index in [0.717, 1.165) is 28.6 Å². The van der Waals surface area contributed by atoms with Crippen molar-refractivity contribution in [3.8, 4) is 11.5 Å². The Morgan fingerprint density at radius 2 is 2.10 bits per heavy atom. The number of hydrogen-bond donors (Lipinski definition) is 0. The molecule has 3 nitrogen and oxygen atoms in total. The van der Waals surface area contributed by atoms with Crippen molar-refractivity contribution < 1.29 is 14.3 Å². The molecule has 0 bridgehead atoms. The molecule has 0 amide bonds. The standard InChI is InChI=1S/C17H15BrO3/c1-20-15-10-12(18)7-8-13(15)16(19)14-6-2-4-11-5-3-9-21-17(11)14/h2,4,6-8,10H,3,5,9H2,1H3. The van der Waals surface area contributed by atoms with Gasteiger partial charge in [0, 0.05) is 4.47 Å². The summed E-state index contributed by atoms with van der Waals surface area (Å²) < 4.78 is 11.9. The van der Waals surface area contributed by atoms with Gasteiger partial charge in [-0.3, -0.25) is 4.79 Å². The van der Waals surface area contributed by atoms with E-state index >= 15 is 0 Å². The summed E-state index contributed by atoms with van der Waals surface area (Å²) >= 11 is 3.39. The predicted octanol–water partition coefficient (Wildman–Crippen LogP) is 4.01. The van der Waals surface area contributed by atoms with E-state index < -0.39 is 0 Å². The summed E-state index contributed by atoms with van der Waals surface area (Å²) in [6.45, 7) is 0.661. The number of aryl methyl sites for hydroxylation is 1. The highest BCUT2D eigenvalue weighted by molar-refractivity contribution is 9.10. The van der Waals surface area contributed by atoms with Crippen LogP contribution in [-0.2, 0) is 6.42 Å². The van der Waals surface area contributed by atoms with Crippen molar-refractivity contribution in [1.82, 2.24) is 0 Å². The molecular formula is C17H15BrO3. The van der Waals surface area contributed by atoms with Gasteiger partial charge >= 0.3 is 0 Å². The van der Waals surface area contributed by atoms with E-state index in [1.807, 2.05) is 24.3 Å². The third kappa shape index (κ3) is 2.68. The highest BCUT2D eigenvalue weighted by Gasteiger charge is 2.22. The normalized spacial score (nSPS) is 13.2. The minimum absolute atomic E-state index is 0.0712. The molecule has 1 heterocycles. The summed E-state index contributed by atoms with van der Waals surface area (Å²) in [7, 11) is 1.56. The molecule has 21 heavy (non-hydrogen) atoms. The molecule has 1 aliphatic rings. The molecular weight excluding hydrogens is 332 g/mol. The number of rotatable bonds is 3. The number of fused-ring (bicyclic) bond motifs is 1. The SMILES string of the molecule is COc1cc(Br)ccc1C(=O)c1cccc2c1OCCC2. The summed E-state index contributed by atoms with van der Waals surface area (Å²) in [5.41, 5.74) is 2.25. The summed E-state index contributed by atoms with van der Waals surface area (Å²) in [6.07, 6.45) is 1.94. The molecule has 1 aliphatic heterocycles. The van der Waals surface area contributed by atoms with Crippen LogP contribution in [0.4, 0.5) is 0 Å². The van der Waals surface area contributed by atoms with Gasteiger partial charge in [-0.15, -0.1) is 0 Å². The Labute approximate surface area is 132 Å². The number of carbonyl (C=O) groups excluding carboxylic acids is 1.